The first-order valence-corrected chi connectivity index (χ1v) is 9.30. The van der Waals surface area contributed by atoms with Crippen molar-refractivity contribution in [1.82, 2.24) is 10.2 Å². The van der Waals surface area contributed by atoms with Crippen molar-refractivity contribution in [2.45, 2.75) is 51.8 Å². The highest BCUT2D eigenvalue weighted by molar-refractivity contribution is 5.81. The van der Waals surface area contributed by atoms with Crippen molar-refractivity contribution in [2.24, 2.45) is 11.8 Å². The van der Waals surface area contributed by atoms with E-state index in [0.29, 0.717) is 30.4 Å². The molecular weight excluding hydrogens is 300 g/mol. The van der Waals surface area contributed by atoms with Crippen molar-refractivity contribution in [3.05, 3.63) is 35.4 Å². The highest BCUT2D eigenvalue weighted by Crippen LogP contribution is 2.33. The number of benzene rings is 1. The maximum atomic E-state index is 12.3. The Morgan fingerprint density at radius 1 is 1.21 bits per heavy atom. The van der Waals surface area contributed by atoms with Crippen LogP contribution in [-0.4, -0.2) is 37.0 Å². The number of carbonyl (C=O) groups is 1. The predicted octanol–water partition coefficient (Wildman–Crippen LogP) is 2.96. The molecule has 1 aliphatic heterocycles. The number of nitrogens with zero attached hydrogens (tertiary/aromatic N) is 1. The Morgan fingerprint density at radius 2 is 1.92 bits per heavy atom. The summed E-state index contributed by atoms with van der Waals surface area (Å²) in [6, 6.07) is 9.13. The van der Waals surface area contributed by atoms with Gasteiger partial charge in [-0.05, 0) is 36.3 Å². The quantitative estimate of drug-likeness (QED) is 0.836. The van der Waals surface area contributed by atoms with E-state index in [-0.39, 0.29) is 0 Å². The molecule has 0 unspecified atom stereocenters. The van der Waals surface area contributed by atoms with E-state index >= 15 is 0 Å². The molecule has 4 heteroatoms. The fourth-order valence-electron chi connectivity index (χ4n) is 3.67. The van der Waals surface area contributed by atoms with E-state index in [1.54, 1.807) is 7.11 Å². The maximum absolute atomic E-state index is 12.3. The molecule has 3 rings (SSSR count). The molecule has 1 amide bonds. The number of hydrogen-bond acceptors (Lipinski definition) is 3. The van der Waals surface area contributed by atoms with E-state index in [4.69, 9.17) is 4.74 Å². The normalized spacial score (nSPS) is 24.2. The molecule has 2 atom stereocenters. The lowest BCUT2D eigenvalue weighted by molar-refractivity contribution is -0.134. The average Bonchev–Trinajstić information content (AvgIpc) is 3.46. The fraction of sp³-hybridized carbons (Fsp3) is 0.650. The van der Waals surface area contributed by atoms with Gasteiger partial charge in [0, 0.05) is 38.7 Å². The molecule has 1 aromatic rings. The first-order chi connectivity index (χ1) is 11.7. The lowest BCUT2D eigenvalue weighted by Gasteiger charge is -2.39. The molecule has 2 fully saturated rings. The van der Waals surface area contributed by atoms with Crippen molar-refractivity contribution in [2.75, 3.05) is 20.2 Å². The Labute approximate surface area is 145 Å². The topological polar surface area (TPSA) is 41.6 Å². The Bertz CT molecular complexity index is 539. The minimum Gasteiger partial charge on any atom is -0.380 e. The van der Waals surface area contributed by atoms with Crippen LogP contribution in [-0.2, 0) is 22.7 Å². The van der Waals surface area contributed by atoms with Gasteiger partial charge in [-0.1, -0.05) is 37.6 Å². The molecule has 1 heterocycles. The molecule has 24 heavy (non-hydrogen) atoms. The molecule has 2 aliphatic rings. The number of likely N-dealkylation sites (tertiary alicyclic amines) is 1. The number of carbonyl (C=O) groups excluding carboxylic acids is 1. The largest absolute Gasteiger partial charge is 0.380 e. The van der Waals surface area contributed by atoms with Gasteiger partial charge in [0.05, 0.1) is 6.61 Å². The van der Waals surface area contributed by atoms with Gasteiger partial charge in [-0.25, -0.2) is 0 Å². The summed E-state index contributed by atoms with van der Waals surface area (Å²) in [5, 5.41) is 3.73. The summed E-state index contributed by atoms with van der Waals surface area (Å²) < 4.78 is 5.15. The summed E-state index contributed by atoms with van der Waals surface area (Å²) >= 11 is 0. The summed E-state index contributed by atoms with van der Waals surface area (Å²) in [6.45, 7) is 5.64. The minimum atomic E-state index is 0.345. The van der Waals surface area contributed by atoms with Gasteiger partial charge in [0.25, 0.3) is 0 Å². The van der Waals surface area contributed by atoms with E-state index in [9.17, 15) is 4.79 Å². The number of hydrogen-bond donors (Lipinski definition) is 1. The number of piperidine rings is 1. The number of ether oxygens (including phenoxy) is 1. The van der Waals surface area contributed by atoms with Gasteiger partial charge in [-0.3, -0.25) is 4.79 Å². The van der Waals surface area contributed by atoms with Crippen LogP contribution in [0.2, 0.25) is 0 Å². The second-order valence-electron chi connectivity index (χ2n) is 7.25. The van der Waals surface area contributed by atoms with E-state index in [1.807, 2.05) is 0 Å². The zero-order valence-electron chi connectivity index (χ0n) is 15.0. The van der Waals surface area contributed by atoms with E-state index in [2.05, 4.69) is 41.4 Å². The fourth-order valence-corrected chi connectivity index (χ4v) is 3.67. The Hall–Kier alpha value is -1.39. The molecular formula is C20H30N2O2. The van der Waals surface area contributed by atoms with Gasteiger partial charge in [-0.2, -0.15) is 0 Å². The average molecular weight is 330 g/mol. The number of nitrogens with one attached hydrogen (secondary N) is 1. The van der Waals surface area contributed by atoms with Gasteiger partial charge >= 0.3 is 0 Å². The van der Waals surface area contributed by atoms with Gasteiger partial charge < -0.3 is 15.0 Å². The SMILES string of the molecule is CC[C@H]1CN(C(=O)C2CC2)CC[C@@H]1NCc1ccc(COC)cc1. The second kappa shape index (κ2) is 8.13. The number of amides is 1. The van der Waals surface area contributed by atoms with Crippen LogP contribution in [0, 0.1) is 11.8 Å². The first kappa shape index (κ1) is 17.4. The van der Waals surface area contributed by atoms with Gasteiger partial charge in [0.15, 0.2) is 0 Å². The third kappa shape index (κ3) is 4.37. The molecule has 0 aromatic heterocycles. The summed E-state index contributed by atoms with van der Waals surface area (Å²) in [4.78, 5) is 14.4. The summed E-state index contributed by atoms with van der Waals surface area (Å²) in [5.41, 5.74) is 2.51. The molecule has 1 saturated carbocycles. The van der Waals surface area contributed by atoms with Crippen LogP contribution in [0.3, 0.4) is 0 Å². The Kier molecular flexibility index (Phi) is 5.90. The molecule has 0 radical (unpaired) electrons. The van der Waals surface area contributed by atoms with Gasteiger partial charge in [-0.15, -0.1) is 0 Å². The maximum Gasteiger partial charge on any atom is 0.225 e. The van der Waals surface area contributed by atoms with Crippen LogP contribution in [0.4, 0.5) is 0 Å². The third-order valence-electron chi connectivity index (χ3n) is 5.40. The van der Waals surface area contributed by atoms with E-state index < -0.39 is 0 Å². The molecule has 1 aromatic carbocycles. The van der Waals surface area contributed by atoms with Crippen LogP contribution < -0.4 is 5.32 Å². The first-order valence-electron chi connectivity index (χ1n) is 9.30. The van der Waals surface area contributed by atoms with Crippen LogP contribution in [0.1, 0.15) is 43.7 Å². The molecule has 1 aliphatic carbocycles. The highest BCUT2D eigenvalue weighted by Gasteiger charge is 2.37. The minimum absolute atomic E-state index is 0.345. The predicted molar refractivity (Wildman–Crippen MR) is 95.5 cm³/mol. The van der Waals surface area contributed by atoms with Gasteiger partial charge in [0.1, 0.15) is 0 Å². The van der Waals surface area contributed by atoms with Crippen molar-refractivity contribution >= 4 is 5.91 Å². The van der Waals surface area contributed by atoms with Crippen molar-refractivity contribution in [1.29, 1.82) is 0 Å². The number of methoxy groups -OCH3 is 1. The zero-order valence-corrected chi connectivity index (χ0v) is 15.0. The third-order valence-corrected chi connectivity index (χ3v) is 5.40. The van der Waals surface area contributed by atoms with Crippen LogP contribution in [0.25, 0.3) is 0 Å². The van der Waals surface area contributed by atoms with Crippen LogP contribution in [0.5, 0.6) is 0 Å². The van der Waals surface area contributed by atoms with Crippen LogP contribution >= 0.6 is 0 Å². The van der Waals surface area contributed by atoms with Crippen molar-refractivity contribution in [3.8, 4) is 0 Å². The van der Waals surface area contributed by atoms with Gasteiger partial charge in [0.2, 0.25) is 5.91 Å². The van der Waals surface area contributed by atoms with Crippen molar-refractivity contribution < 1.29 is 9.53 Å². The summed E-state index contributed by atoms with van der Waals surface area (Å²) in [6.07, 6.45) is 4.40. The molecule has 1 saturated heterocycles. The second-order valence-corrected chi connectivity index (χ2v) is 7.25. The summed E-state index contributed by atoms with van der Waals surface area (Å²) in [7, 11) is 1.72. The molecule has 132 valence electrons. The molecule has 4 nitrogen and oxygen atoms in total. The van der Waals surface area contributed by atoms with Crippen molar-refractivity contribution in [3.63, 3.8) is 0 Å². The molecule has 0 spiro atoms. The number of rotatable bonds is 7. The van der Waals surface area contributed by atoms with Crippen LogP contribution in [0.15, 0.2) is 24.3 Å². The lowest BCUT2D eigenvalue weighted by Crippen LogP contribution is -2.51. The Morgan fingerprint density at radius 3 is 2.54 bits per heavy atom. The van der Waals surface area contributed by atoms with E-state index in [1.165, 1.54) is 11.1 Å². The summed E-state index contributed by atoms with van der Waals surface area (Å²) in [5.74, 6) is 1.31. The lowest BCUT2D eigenvalue weighted by atomic mass is 9.89. The molecule has 1 N–H and O–H groups in total. The highest BCUT2D eigenvalue weighted by atomic mass is 16.5. The standard InChI is InChI=1S/C20H30N2O2/c1-3-17-13-22(20(23)18-8-9-18)11-10-19(17)21-12-15-4-6-16(7-5-15)14-24-2/h4-7,17-19,21H,3,8-14H2,1-2H3/t17-,19-/m0/s1. The Balaban J connectivity index is 1.50. The monoisotopic (exact) mass is 330 g/mol. The zero-order chi connectivity index (χ0) is 16.9. The molecule has 0 bridgehead atoms. The van der Waals surface area contributed by atoms with E-state index in [0.717, 1.165) is 45.3 Å². The smallest absolute Gasteiger partial charge is 0.225 e.